The lowest BCUT2D eigenvalue weighted by Gasteiger charge is -2.16. The number of ether oxygens (including phenoxy) is 2. The van der Waals surface area contributed by atoms with E-state index in [1.807, 2.05) is 0 Å². The van der Waals surface area contributed by atoms with Gasteiger partial charge in [0.05, 0.1) is 24.7 Å². The first-order valence-electron chi connectivity index (χ1n) is 9.67. The number of sulfonamides is 1. The molecule has 1 aromatic heterocycles. The van der Waals surface area contributed by atoms with Crippen molar-refractivity contribution >= 4 is 61.3 Å². The van der Waals surface area contributed by atoms with Gasteiger partial charge in [0.25, 0.3) is 0 Å². The van der Waals surface area contributed by atoms with E-state index in [1.165, 1.54) is 30.7 Å². The number of carbonyl (C=O) groups excluding carboxylic acids is 2. The van der Waals surface area contributed by atoms with E-state index in [0.29, 0.717) is 29.3 Å². The Balaban J connectivity index is 1.76. The van der Waals surface area contributed by atoms with Crippen LogP contribution in [0.25, 0.3) is 0 Å². The van der Waals surface area contributed by atoms with Crippen LogP contribution < -0.4 is 10.6 Å². The van der Waals surface area contributed by atoms with Crippen LogP contribution in [0.4, 0.5) is 10.7 Å². The SMILES string of the molecule is COC(=O)c1sc(NC(=S)Nc2ccc(S(=O)(=O)N3CCCC3)cc2)c(C(=O)OC)c1C. The van der Waals surface area contributed by atoms with Gasteiger partial charge in [-0.1, -0.05) is 0 Å². The average molecular weight is 498 g/mol. The first kappa shape index (κ1) is 24.1. The number of anilines is 2. The van der Waals surface area contributed by atoms with Crippen LogP contribution >= 0.6 is 23.6 Å². The van der Waals surface area contributed by atoms with Gasteiger partial charge in [-0.05, 0) is 61.8 Å². The fourth-order valence-corrected chi connectivity index (χ4v) is 6.21. The Labute approximate surface area is 195 Å². The monoisotopic (exact) mass is 497 g/mol. The van der Waals surface area contributed by atoms with Crippen molar-refractivity contribution in [2.75, 3.05) is 37.9 Å². The molecule has 12 heteroatoms. The summed E-state index contributed by atoms with van der Waals surface area (Å²) >= 11 is 6.35. The molecule has 32 heavy (non-hydrogen) atoms. The second kappa shape index (κ2) is 9.94. The number of nitrogens with zero attached hydrogens (tertiary/aromatic N) is 1. The molecule has 2 N–H and O–H groups in total. The van der Waals surface area contributed by atoms with Crippen molar-refractivity contribution in [1.82, 2.24) is 4.31 Å². The van der Waals surface area contributed by atoms with Gasteiger partial charge in [0.1, 0.15) is 9.88 Å². The number of thiocarbonyl (C=S) groups is 1. The molecule has 0 radical (unpaired) electrons. The Kier molecular flexibility index (Phi) is 7.49. The number of nitrogens with one attached hydrogen (secondary N) is 2. The Morgan fingerprint density at radius 1 is 1.03 bits per heavy atom. The van der Waals surface area contributed by atoms with Gasteiger partial charge in [0.2, 0.25) is 10.0 Å². The number of hydrogen-bond acceptors (Lipinski definition) is 8. The molecular formula is C20H23N3O6S3. The largest absolute Gasteiger partial charge is 0.465 e. The smallest absolute Gasteiger partial charge is 0.348 e. The van der Waals surface area contributed by atoms with E-state index < -0.39 is 22.0 Å². The molecule has 3 rings (SSSR count). The highest BCUT2D eigenvalue weighted by Crippen LogP contribution is 2.34. The fourth-order valence-electron chi connectivity index (χ4n) is 3.29. The Bertz CT molecular complexity index is 1140. The van der Waals surface area contributed by atoms with E-state index in [0.717, 1.165) is 24.2 Å². The molecule has 1 aromatic carbocycles. The zero-order valence-corrected chi connectivity index (χ0v) is 20.2. The second-order valence-corrected chi connectivity index (χ2v) is 10.3. The quantitative estimate of drug-likeness (QED) is 0.459. The lowest BCUT2D eigenvalue weighted by molar-refractivity contribution is 0.0601. The molecule has 0 aliphatic carbocycles. The summed E-state index contributed by atoms with van der Waals surface area (Å²) in [5, 5.41) is 6.34. The van der Waals surface area contributed by atoms with Crippen molar-refractivity contribution in [1.29, 1.82) is 0 Å². The summed E-state index contributed by atoms with van der Waals surface area (Å²) in [5.41, 5.74) is 1.17. The summed E-state index contributed by atoms with van der Waals surface area (Å²) in [5.74, 6) is -1.19. The Hall–Kier alpha value is -2.54. The lowest BCUT2D eigenvalue weighted by Crippen LogP contribution is -2.27. The molecule has 1 fully saturated rings. The zero-order chi connectivity index (χ0) is 23.5. The van der Waals surface area contributed by atoms with Crippen LogP contribution in [0.15, 0.2) is 29.2 Å². The summed E-state index contributed by atoms with van der Waals surface area (Å²) in [4.78, 5) is 24.7. The molecule has 0 bridgehead atoms. The van der Waals surface area contributed by atoms with Crippen molar-refractivity contribution in [3.8, 4) is 0 Å². The number of methoxy groups -OCH3 is 2. The van der Waals surface area contributed by atoms with Gasteiger partial charge in [0.15, 0.2) is 5.11 Å². The van der Waals surface area contributed by atoms with E-state index in [9.17, 15) is 18.0 Å². The van der Waals surface area contributed by atoms with Crippen molar-refractivity contribution in [2.24, 2.45) is 0 Å². The summed E-state index contributed by atoms with van der Waals surface area (Å²) in [7, 11) is -0.998. The molecule has 1 aliphatic rings. The van der Waals surface area contributed by atoms with E-state index in [-0.39, 0.29) is 20.4 Å². The first-order valence-corrected chi connectivity index (χ1v) is 12.3. The minimum absolute atomic E-state index is 0.156. The van der Waals surface area contributed by atoms with Gasteiger partial charge in [-0.2, -0.15) is 4.31 Å². The van der Waals surface area contributed by atoms with Gasteiger partial charge >= 0.3 is 11.9 Å². The third-order valence-electron chi connectivity index (χ3n) is 4.95. The van der Waals surface area contributed by atoms with Gasteiger partial charge < -0.3 is 20.1 Å². The van der Waals surface area contributed by atoms with Crippen LogP contribution in [0, 0.1) is 6.92 Å². The third kappa shape index (κ3) is 4.93. The van der Waals surface area contributed by atoms with Crippen molar-refractivity contribution in [2.45, 2.75) is 24.7 Å². The van der Waals surface area contributed by atoms with Crippen LogP contribution in [0.2, 0.25) is 0 Å². The molecule has 0 atom stereocenters. The number of esters is 2. The Morgan fingerprint density at radius 3 is 2.19 bits per heavy atom. The van der Waals surface area contributed by atoms with E-state index in [4.69, 9.17) is 21.7 Å². The minimum atomic E-state index is -3.50. The van der Waals surface area contributed by atoms with Gasteiger partial charge in [0, 0.05) is 18.8 Å². The second-order valence-electron chi connectivity index (χ2n) is 6.96. The van der Waals surface area contributed by atoms with Crippen LogP contribution in [-0.2, 0) is 19.5 Å². The van der Waals surface area contributed by atoms with E-state index >= 15 is 0 Å². The van der Waals surface area contributed by atoms with E-state index in [1.54, 1.807) is 19.1 Å². The maximum atomic E-state index is 12.6. The summed E-state index contributed by atoms with van der Waals surface area (Å²) in [6, 6.07) is 6.25. The number of rotatable bonds is 6. The number of hydrogen-bond donors (Lipinski definition) is 2. The molecule has 9 nitrogen and oxygen atoms in total. The average Bonchev–Trinajstić information content (AvgIpc) is 3.42. The molecule has 0 unspecified atom stereocenters. The predicted octanol–water partition coefficient (Wildman–Crippen LogP) is 3.22. The first-order chi connectivity index (χ1) is 15.2. The maximum absolute atomic E-state index is 12.6. The normalized spacial score (nSPS) is 14.1. The van der Waals surface area contributed by atoms with Crippen LogP contribution in [0.3, 0.4) is 0 Å². The molecule has 0 spiro atoms. The van der Waals surface area contributed by atoms with Crippen molar-refractivity contribution < 1.29 is 27.5 Å². The van der Waals surface area contributed by atoms with Crippen LogP contribution in [0.5, 0.6) is 0 Å². The van der Waals surface area contributed by atoms with Gasteiger partial charge in [-0.15, -0.1) is 11.3 Å². The fraction of sp³-hybridized carbons (Fsp3) is 0.350. The van der Waals surface area contributed by atoms with Crippen molar-refractivity contribution in [3.05, 3.63) is 40.3 Å². The topological polar surface area (TPSA) is 114 Å². The molecule has 2 heterocycles. The minimum Gasteiger partial charge on any atom is -0.465 e. The van der Waals surface area contributed by atoms with Crippen molar-refractivity contribution in [3.63, 3.8) is 0 Å². The highest BCUT2D eigenvalue weighted by atomic mass is 32.2. The molecule has 0 amide bonds. The number of thiophene rings is 1. The maximum Gasteiger partial charge on any atom is 0.348 e. The highest BCUT2D eigenvalue weighted by molar-refractivity contribution is 7.89. The highest BCUT2D eigenvalue weighted by Gasteiger charge is 2.28. The molecule has 0 saturated carbocycles. The molecule has 1 aliphatic heterocycles. The Morgan fingerprint density at radius 2 is 1.62 bits per heavy atom. The number of carbonyl (C=O) groups is 2. The molecule has 2 aromatic rings. The molecular weight excluding hydrogens is 474 g/mol. The molecule has 172 valence electrons. The van der Waals surface area contributed by atoms with E-state index in [2.05, 4.69) is 10.6 Å². The molecule has 1 saturated heterocycles. The zero-order valence-electron chi connectivity index (χ0n) is 17.8. The van der Waals surface area contributed by atoms with Crippen LogP contribution in [-0.4, -0.2) is 57.1 Å². The predicted molar refractivity (Wildman–Crippen MR) is 126 cm³/mol. The third-order valence-corrected chi connectivity index (χ3v) is 8.25. The number of benzene rings is 1. The van der Waals surface area contributed by atoms with Gasteiger partial charge in [-0.25, -0.2) is 18.0 Å². The summed E-state index contributed by atoms with van der Waals surface area (Å²) < 4.78 is 36.3. The lowest BCUT2D eigenvalue weighted by atomic mass is 10.1. The standard InChI is InChI=1S/C20H23N3O6S3/c1-12-15(18(24)28-2)17(31-16(12)19(25)29-3)22-20(30)21-13-6-8-14(9-7-13)32(26,27)23-10-4-5-11-23/h6-9H,4-5,10-11H2,1-3H3,(H2,21,22,30). The van der Waals surface area contributed by atoms with Crippen LogP contribution in [0.1, 0.15) is 38.4 Å². The summed E-state index contributed by atoms with van der Waals surface area (Å²) in [6.45, 7) is 2.69. The summed E-state index contributed by atoms with van der Waals surface area (Å²) in [6.07, 6.45) is 1.73. The van der Waals surface area contributed by atoms with Gasteiger partial charge in [-0.3, -0.25) is 0 Å².